The van der Waals surface area contributed by atoms with Crippen LogP contribution in [0.4, 0.5) is 0 Å². The molecule has 6 N–H and O–H groups in total. The Bertz CT molecular complexity index is 1290. The van der Waals surface area contributed by atoms with Gasteiger partial charge in [-0.05, 0) is 64.2 Å². The molecule has 1 aliphatic heterocycles. The van der Waals surface area contributed by atoms with E-state index < -0.39 is 49.5 Å². The molecule has 0 spiro atoms. The molecule has 1 aliphatic rings. The van der Waals surface area contributed by atoms with Crippen LogP contribution in [0.5, 0.6) is 0 Å². The molecule has 1 fully saturated rings. The van der Waals surface area contributed by atoms with E-state index in [1.165, 1.54) is 141 Å². The van der Waals surface area contributed by atoms with Crippen LogP contribution in [-0.4, -0.2) is 100 Å². The molecule has 0 aromatic carbocycles. The van der Waals surface area contributed by atoms with Gasteiger partial charge in [-0.15, -0.1) is 0 Å². The normalized spacial score (nSPS) is 19.7. The fourth-order valence-corrected chi connectivity index (χ4v) is 8.64. The molecule has 1 rings (SSSR count). The van der Waals surface area contributed by atoms with Gasteiger partial charge in [0.25, 0.3) is 0 Å². The summed E-state index contributed by atoms with van der Waals surface area (Å²) in [6.45, 7) is 4.15. The van der Waals surface area contributed by atoms with E-state index in [0.29, 0.717) is 19.4 Å². The molecule has 7 atom stereocenters. The van der Waals surface area contributed by atoms with Crippen molar-refractivity contribution in [3.05, 3.63) is 48.6 Å². The zero-order valence-electron chi connectivity index (χ0n) is 44.0. The smallest absolute Gasteiger partial charge is 0.305 e. The summed E-state index contributed by atoms with van der Waals surface area (Å²) in [6.07, 6.45) is 49.5. The standard InChI is InChI=1S/C58H105NO10/c1-3-5-7-9-11-13-25-30-34-38-42-46-54(63)67-47-43-39-35-31-27-24-22-20-18-16-14-15-17-19-21-23-26-29-33-37-41-45-53(62)59-50(51(61)44-40-36-32-28-12-10-8-6-4-2)49-68-58-57(66)56(65)55(64)52(48-60)69-58/h12,24,27-28,35,39-40,44,50-52,55-58,60-61,64-66H,3-11,13-23,25-26,29-34,36-38,41-43,45-49H2,1-2H3,(H,59,62)/b27-24-,28-12+,39-35-,44-40+. The summed E-state index contributed by atoms with van der Waals surface area (Å²) in [7, 11) is 0. The van der Waals surface area contributed by atoms with Crippen molar-refractivity contribution in [3.8, 4) is 0 Å². The second-order valence-corrected chi connectivity index (χ2v) is 19.6. The van der Waals surface area contributed by atoms with Gasteiger partial charge in [-0.25, -0.2) is 0 Å². The van der Waals surface area contributed by atoms with Crippen molar-refractivity contribution in [3.63, 3.8) is 0 Å². The van der Waals surface area contributed by atoms with E-state index in [1.807, 2.05) is 6.08 Å². The maximum Gasteiger partial charge on any atom is 0.305 e. The van der Waals surface area contributed by atoms with Gasteiger partial charge in [-0.3, -0.25) is 9.59 Å². The molecule has 0 aromatic heterocycles. The number of nitrogens with one attached hydrogen (secondary N) is 1. The van der Waals surface area contributed by atoms with E-state index in [-0.39, 0.29) is 18.5 Å². The SMILES string of the molecule is CCCCC/C=C/CC/C=C/C(O)C(COC1OC(CO)C(O)C(O)C1O)NC(=O)CCCCCCCCCCCCCCCC/C=C\C/C=C\CCOC(=O)CCCCCCCCCCCCC. The van der Waals surface area contributed by atoms with Gasteiger partial charge in [0.2, 0.25) is 5.91 Å². The lowest BCUT2D eigenvalue weighted by Gasteiger charge is -2.40. The highest BCUT2D eigenvalue weighted by molar-refractivity contribution is 5.76. The Morgan fingerprint density at radius 3 is 1.55 bits per heavy atom. The van der Waals surface area contributed by atoms with Crippen molar-refractivity contribution in [1.29, 1.82) is 0 Å². The number of amides is 1. The van der Waals surface area contributed by atoms with Crippen molar-refractivity contribution in [2.24, 2.45) is 0 Å². The Balaban J connectivity index is 2.07. The average Bonchev–Trinajstić information content (AvgIpc) is 3.34. The number of hydrogen-bond donors (Lipinski definition) is 6. The number of aliphatic hydroxyl groups excluding tert-OH is 5. The van der Waals surface area contributed by atoms with Crippen LogP contribution in [0, 0.1) is 0 Å². The number of unbranched alkanes of at least 4 members (excludes halogenated alkanes) is 28. The molecule has 0 aliphatic carbocycles. The molecule has 402 valence electrons. The lowest BCUT2D eigenvalue weighted by Crippen LogP contribution is -2.60. The Morgan fingerprint density at radius 1 is 0.536 bits per heavy atom. The summed E-state index contributed by atoms with van der Waals surface area (Å²) >= 11 is 0. The third kappa shape index (κ3) is 38.0. The van der Waals surface area contributed by atoms with Crippen LogP contribution in [0.15, 0.2) is 48.6 Å². The zero-order chi connectivity index (χ0) is 50.3. The van der Waals surface area contributed by atoms with Gasteiger partial charge in [0.15, 0.2) is 6.29 Å². The number of carbonyl (C=O) groups excluding carboxylic acids is 2. The van der Waals surface area contributed by atoms with E-state index in [9.17, 15) is 35.1 Å². The molecule has 0 radical (unpaired) electrons. The van der Waals surface area contributed by atoms with Gasteiger partial charge in [-0.1, -0.05) is 217 Å². The highest BCUT2D eigenvalue weighted by Gasteiger charge is 2.44. The van der Waals surface area contributed by atoms with Gasteiger partial charge in [0.05, 0.1) is 32.0 Å². The molecule has 1 amide bonds. The van der Waals surface area contributed by atoms with Crippen molar-refractivity contribution < 1.29 is 49.3 Å². The number of carbonyl (C=O) groups is 2. The fraction of sp³-hybridized carbons (Fsp3) is 0.828. The van der Waals surface area contributed by atoms with Crippen LogP contribution in [0.25, 0.3) is 0 Å². The minimum atomic E-state index is -1.58. The summed E-state index contributed by atoms with van der Waals surface area (Å²) in [5.74, 6) is -0.250. The fourth-order valence-electron chi connectivity index (χ4n) is 8.64. The quantitative estimate of drug-likeness (QED) is 0.0196. The predicted molar refractivity (Wildman–Crippen MR) is 283 cm³/mol. The van der Waals surface area contributed by atoms with E-state index in [1.54, 1.807) is 6.08 Å². The Labute approximate surface area is 421 Å². The molecule has 7 unspecified atom stereocenters. The van der Waals surface area contributed by atoms with E-state index in [2.05, 4.69) is 55.6 Å². The summed E-state index contributed by atoms with van der Waals surface area (Å²) in [6, 6.07) is -0.830. The number of rotatable bonds is 48. The Morgan fingerprint density at radius 2 is 0.986 bits per heavy atom. The first-order valence-electron chi connectivity index (χ1n) is 28.4. The minimum Gasteiger partial charge on any atom is -0.465 e. The first-order chi connectivity index (χ1) is 33.7. The second-order valence-electron chi connectivity index (χ2n) is 19.6. The summed E-state index contributed by atoms with van der Waals surface area (Å²) in [4.78, 5) is 24.9. The number of hydrogen-bond acceptors (Lipinski definition) is 10. The number of ether oxygens (including phenoxy) is 3. The summed E-state index contributed by atoms with van der Waals surface area (Å²) in [5.41, 5.74) is 0. The Hall–Kier alpha value is -2.38. The third-order valence-electron chi connectivity index (χ3n) is 13.2. The largest absolute Gasteiger partial charge is 0.465 e. The minimum absolute atomic E-state index is 0.0500. The predicted octanol–water partition coefficient (Wildman–Crippen LogP) is 12.5. The highest BCUT2D eigenvalue weighted by atomic mass is 16.7. The van der Waals surface area contributed by atoms with Crippen LogP contribution in [-0.2, 0) is 23.8 Å². The van der Waals surface area contributed by atoms with Gasteiger partial charge in [0, 0.05) is 12.8 Å². The topological polar surface area (TPSA) is 175 Å². The molecule has 0 aromatic rings. The molecule has 11 nitrogen and oxygen atoms in total. The average molecular weight is 976 g/mol. The summed E-state index contributed by atoms with van der Waals surface area (Å²) < 4.78 is 16.6. The van der Waals surface area contributed by atoms with Crippen LogP contribution < -0.4 is 5.32 Å². The molecular weight excluding hydrogens is 871 g/mol. The lowest BCUT2D eigenvalue weighted by molar-refractivity contribution is -0.302. The highest BCUT2D eigenvalue weighted by Crippen LogP contribution is 2.23. The molecule has 0 bridgehead atoms. The van der Waals surface area contributed by atoms with Gasteiger partial charge < -0.3 is 45.1 Å². The first-order valence-corrected chi connectivity index (χ1v) is 28.4. The number of aliphatic hydroxyl groups is 5. The monoisotopic (exact) mass is 976 g/mol. The molecule has 0 saturated carbocycles. The molecule has 1 heterocycles. The molecule has 1 saturated heterocycles. The van der Waals surface area contributed by atoms with Crippen molar-refractivity contribution >= 4 is 11.9 Å². The van der Waals surface area contributed by atoms with Crippen molar-refractivity contribution in [1.82, 2.24) is 5.32 Å². The van der Waals surface area contributed by atoms with Gasteiger partial charge >= 0.3 is 5.97 Å². The number of esters is 1. The van der Waals surface area contributed by atoms with E-state index >= 15 is 0 Å². The van der Waals surface area contributed by atoms with Crippen LogP contribution in [0.1, 0.15) is 245 Å². The van der Waals surface area contributed by atoms with Gasteiger partial charge in [-0.2, -0.15) is 0 Å². The van der Waals surface area contributed by atoms with Crippen LogP contribution in [0.2, 0.25) is 0 Å². The maximum absolute atomic E-state index is 13.0. The zero-order valence-corrected chi connectivity index (χ0v) is 44.0. The molecular formula is C58H105NO10. The summed E-state index contributed by atoms with van der Waals surface area (Å²) in [5, 5.41) is 54.1. The van der Waals surface area contributed by atoms with E-state index in [0.717, 1.165) is 77.0 Å². The first kappa shape index (κ1) is 64.6. The van der Waals surface area contributed by atoms with Crippen LogP contribution in [0.3, 0.4) is 0 Å². The molecule has 11 heteroatoms. The van der Waals surface area contributed by atoms with Crippen molar-refractivity contribution in [2.45, 2.75) is 288 Å². The van der Waals surface area contributed by atoms with E-state index in [4.69, 9.17) is 14.2 Å². The maximum atomic E-state index is 13.0. The molecule has 69 heavy (non-hydrogen) atoms. The van der Waals surface area contributed by atoms with Crippen molar-refractivity contribution in [2.75, 3.05) is 19.8 Å². The van der Waals surface area contributed by atoms with Gasteiger partial charge in [0.1, 0.15) is 24.4 Å². The second kappa shape index (κ2) is 47.9. The number of allylic oxidation sites excluding steroid dienone is 6. The lowest BCUT2D eigenvalue weighted by atomic mass is 9.99. The van der Waals surface area contributed by atoms with Crippen LogP contribution >= 0.6 is 0 Å². The third-order valence-corrected chi connectivity index (χ3v) is 13.2. The Kier molecular flexibility index (Phi) is 44.9.